The topological polar surface area (TPSA) is 76.1 Å². The highest BCUT2D eigenvalue weighted by molar-refractivity contribution is 6.37. The van der Waals surface area contributed by atoms with Gasteiger partial charge in [0.15, 0.2) is 23.0 Å². The predicted molar refractivity (Wildman–Crippen MR) is 167 cm³/mol. The van der Waals surface area contributed by atoms with Gasteiger partial charge in [0, 0.05) is 23.5 Å². The number of methoxy groups -OCH3 is 2. The van der Waals surface area contributed by atoms with Crippen LogP contribution in [0.5, 0.6) is 23.0 Å². The Morgan fingerprint density at radius 1 is 0.837 bits per heavy atom. The second-order valence-corrected chi connectivity index (χ2v) is 10.8. The molecule has 3 aromatic carbocycles. The van der Waals surface area contributed by atoms with Gasteiger partial charge in [-0.2, -0.15) is 0 Å². The van der Waals surface area contributed by atoms with Crippen molar-refractivity contribution in [2.45, 2.75) is 38.4 Å². The Kier molecular flexibility index (Phi) is 10.1. The molecule has 0 N–H and O–H groups in total. The lowest BCUT2D eigenvalue weighted by molar-refractivity contribution is 0.0692. The summed E-state index contributed by atoms with van der Waals surface area (Å²) in [5, 5.41) is 0.607. The molecular formula is C34H31Cl2NO6. The molecule has 4 aromatic rings. The highest BCUT2D eigenvalue weighted by Gasteiger charge is 2.21. The van der Waals surface area contributed by atoms with Crippen molar-refractivity contribution in [3.8, 4) is 23.0 Å². The largest absolute Gasteiger partial charge is 0.493 e. The second-order valence-electron chi connectivity index (χ2n) is 9.94. The Bertz CT molecular complexity index is 1580. The lowest BCUT2D eigenvalue weighted by Gasteiger charge is -2.18. The molecule has 0 atom stereocenters. The van der Waals surface area contributed by atoms with Crippen LogP contribution in [-0.2, 0) is 11.3 Å². The molecule has 0 radical (unpaired) electrons. The number of nitrogens with zero attached hydrogens (tertiary/aromatic N) is 1. The highest BCUT2D eigenvalue weighted by Crippen LogP contribution is 2.37. The number of rotatable bonds is 11. The lowest BCUT2D eigenvalue weighted by atomic mass is 10.1. The molecule has 9 heteroatoms. The van der Waals surface area contributed by atoms with Gasteiger partial charge in [-0.3, -0.25) is 4.98 Å². The van der Waals surface area contributed by atoms with Crippen LogP contribution < -0.4 is 18.9 Å². The molecule has 1 aromatic heterocycles. The van der Waals surface area contributed by atoms with Crippen LogP contribution in [0.15, 0.2) is 79.1 Å². The van der Waals surface area contributed by atoms with Crippen molar-refractivity contribution in [2.24, 2.45) is 0 Å². The molecule has 0 amide bonds. The quantitative estimate of drug-likeness (QED) is 0.123. The standard InChI is InChI=1S/C34H31Cl2NO6/c1-39-29-15-13-24(17-32(29)41-21-22-8-4-3-5-9-22)34(38)43-31(18-26-27(35)19-37-20-28(26)36)23-12-14-30(40-2)33(16-23)42-25-10-6-7-11-25/h3-5,8-9,12-20,25H,6-7,10-11,21H2,1-2H3. The van der Waals surface area contributed by atoms with Crippen molar-refractivity contribution >= 4 is 41.0 Å². The lowest BCUT2D eigenvalue weighted by Crippen LogP contribution is -2.12. The van der Waals surface area contributed by atoms with Gasteiger partial charge < -0.3 is 23.7 Å². The fourth-order valence-electron chi connectivity index (χ4n) is 4.78. The average Bonchev–Trinajstić information content (AvgIpc) is 3.54. The van der Waals surface area contributed by atoms with Crippen molar-refractivity contribution in [1.82, 2.24) is 4.98 Å². The normalized spacial score (nSPS) is 13.4. The van der Waals surface area contributed by atoms with Crippen LogP contribution in [-0.4, -0.2) is 31.3 Å². The van der Waals surface area contributed by atoms with Gasteiger partial charge >= 0.3 is 5.97 Å². The van der Waals surface area contributed by atoms with Crippen molar-refractivity contribution < 1.29 is 28.5 Å². The molecule has 0 unspecified atom stereocenters. The van der Waals surface area contributed by atoms with Gasteiger partial charge in [0.25, 0.3) is 0 Å². The molecule has 1 heterocycles. The smallest absolute Gasteiger partial charge is 0.343 e. The van der Waals surface area contributed by atoms with Gasteiger partial charge in [-0.25, -0.2) is 4.79 Å². The SMILES string of the molecule is COc1ccc(C(=O)OC(=Cc2c(Cl)cncc2Cl)c2ccc(OC)c(OC3CCCC3)c2)cc1OCc1ccccc1. The first-order chi connectivity index (χ1) is 20.9. The van der Waals surface area contributed by atoms with E-state index in [1.54, 1.807) is 56.7 Å². The molecule has 1 fully saturated rings. The van der Waals surface area contributed by atoms with Crippen molar-refractivity contribution in [1.29, 1.82) is 0 Å². The van der Waals surface area contributed by atoms with Gasteiger partial charge in [-0.05, 0) is 73.7 Å². The number of esters is 1. The number of carbonyl (C=O) groups excluding carboxylic acids is 1. The molecule has 1 saturated carbocycles. The first kappa shape index (κ1) is 30.3. The third kappa shape index (κ3) is 7.61. The molecule has 1 aliphatic rings. The van der Waals surface area contributed by atoms with E-state index in [0.717, 1.165) is 31.2 Å². The second kappa shape index (κ2) is 14.3. The van der Waals surface area contributed by atoms with Crippen molar-refractivity contribution in [3.05, 3.63) is 111 Å². The molecule has 0 bridgehead atoms. The Morgan fingerprint density at radius 3 is 2.14 bits per heavy atom. The maximum atomic E-state index is 13.6. The molecule has 222 valence electrons. The number of pyridine rings is 1. The third-order valence-corrected chi connectivity index (χ3v) is 7.65. The number of hydrogen-bond donors (Lipinski definition) is 0. The molecule has 5 rings (SSSR count). The summed E-state index contributed by atoms with van der Waals surface area (Å²) in [4.78, 5) is 17.6. The minimum Gasteiger partial charge on any atom is -0.493 e. The maximum Gasteiger partial charge on any atom is 0.343 e. The molecule has 43 heavy (non-hydrogen) atoms. The minimum absolute atomic E-state index is 0.0943. The monoisotopic (exact) mass is 619 g/mol. The zero-order valence-electron chi connectivity index (χ0n) is 23.8. The molecule has 1 aliphatic carbocycles. The van der Waals surface area contributed by atoms with Gasteiger partial charge in [0.2, 0.25) is 0 Å². The fraction of sp³-hybridized carbons (Fsp3) is 0.235. The van der Waals surface area contributed by atoms with Crippen LogP contribution in [0.4, 0.5) is 0 Å². The van der Waals surface area contributed by atoms with Gasteiger partial charge in [-0.15, -0.1) is 0 Å². The number of ether oxygens (including phenoxy) is 5. The van der Waals surface area contributed by atoms with Gasteiger partial charge in [-0.1, -0.05) is 53.5 Å². The molecule has 7 nitrogen and oxygen atoms in total. The van der Waals surface area contributed by atoms with Crippen LogP contribution in [0.2, 0.25) is 10.0 Å². The van der Waals surface area contributed by atoms with Crippen LogP contribution in [0.1, 0.15) is 52.7 Å². The first-order valence-corrected chi connectivity index (χ1v) is 14.6. The average molecular weight is 621 g/mol. The Balaban J connectivity index is 1.48. The van der Waals surface area contributed by atoms with Crippen molar-refractivity contribution in [3.63, 3.8) is 0 Å². The van der Waals surface area contributed by atoms with E-state index < -0.39 is 5.97 Å². The number of carbonyl (C=O) groups is 1. The van der Waals surface area contributed by atoms with Crippen LogP contribution in [0.3, 0.4) is 0 Å². The van der Waals surface area contributed by atoms with Crippen LogP contribution >= 0.6 is 23.2 Å². The highest BCUT2D eigenvalue weighted by atomic mass is 35.5. The van der Waals surface area contributed by atoms with Gasteiger partial charge in [0.1, 0.15) is 12.4 Å². The number of hydrogen-bond acceptors (Lipinski definition) is 7. The van der Waals surface area contributed by atoms with E-state index in [1.807, 2.05) is 30.3 Å². The van der Waals surface area contributed by atoms with E-state index in [9.17, 15) is 4.79 Å². The van der Waals surface area contributed by atoms with E-state index in [0.29, 0.717) is 50.8 Å². The maximum absolute atomic E-state index is 13.6. The van der Waals surface area contributed by atoms with E-state index in [2.05, 4.69) is 4.98 Å². The van der Waals surface area contributed by atoms with E-state index in [-0.39, 0.29) is 17.4 Å². The van der Waals surface area contributed by atoms with E-state index in [4.69, 9.17) is 46.9 Å². The summed E-state index contributed by atoms with van der Waals surface area (Å²) < 4.78 is 29.3. The number of halogens is 2. The molecule has 0 aliphatic heterocycles. The summed E-state index contributed by atoms with van der Waals surface area (Å²) in [6, 6.07) is 19.9. The minimum atomic E-state index is -0.617. The summed E-state index contributed by atoms with van der Waals surface area (Å²) in [6.45, 7) is 0.301. The molecular weight excluding hydrogens is 589 g/mol. The summed E-state index contributed by atoms with van der Waals surface area (Å²) in [6.07, 6.45) is 8.83. The van der Waals surface area contributed by atoms with Crippen molar-refractivity contribution in [2.75, 3.05) is 14.2 Å². The summed E-state index contributed by atoms with van der Waals surface area (Å²) >= 11 is 12.9. The van der Waals surface area contributed by atoms with Gasteiger partial charge in [0.05, 0.1) is 35.9 Å². The Labute approximate surface area is 260 Å². The van der Waals surface area contributed by atoms with Crippen LogP contribution in [0, 0.1) is 0 Å². The zero-order valence-corrected chi connectivity index (χ0v) is 25.4. The Morgan fingerprint density at radius 2 is 1.47 bits per heavy atom. The first-order valence-electron chi connectivity index (χ1n) is 13.9. The molecule has 0 spiro atoms. The zero-order chi connectivity index (χ0) is 30.2. The fourth-order valence-corrected chi connectivity index (χ4v) is 5.25. The third-order valence-electron chi connectivity index (χ3n) is 7.05. The summed E-state index contributed by atoms with van der Waals surface area (Å²) in [5.74, 6) is 1.62. The number of aromatic nitrogens is 1. The number of benzene rings is 3. The molecule has 0 saturated heterocycles. The summed E-state index contributed by atoms with van der Waals surface area (Å²) in [7, 11) is 3.13. The predicted octanol–water partition coefficient (Wildman–Crippen LogP) is 8.66. The Hall–Kier alpha value is -4.20. The van der Waals surface area contributed by atoms with E-state index in [1.165, 1.54) is 12.4 Å². The summed E-state index contributed by atoms with van der Waals surface area (Å²) in [5.41, 5.74) is 2.26. The van der Waals surface area contributed by atoms with E-state index >= 15 is 0 Å². The van der Waals surface area contributed by atoms with Crippen LogP contribution in [0.25, 0.3) is 11.8 Å².